The van der Waals surface area contributed by atoms with Crippen LogP contribution in [0.15, 0.2) is 30.3 Å². The van der Waals surface area contributed by atoms with E-state index in [1.54, 1.807) is 0 Å². The Morgan fingerprint density at radius 1 is 1.00 bits per heavy atom. The number of amides is 2. The highest BCUT2D eigenvalue weighted by Gasteiger charge is 2.33. The summed E-state index contributed by atoms with van der Waals surface area (Å²) >= 11 is 1.36. The Bertz CT molecular complexity index is 937. The summed E-state index contributed by atoms with van der Waals surface area (Å²) in [5.74, 6) is 1.78. The van der Waals surface area contributed by atoms with Crippen molar-refractivity contribution in [1.29, 1.82) is 0 Å². The molecule has 3 heterocycles. The number of hydrogen-bond acceptors (Lipinski definition) is 5. The second-order valence-electron chi connectivity index (χ2n) is 7.84. The molecular weight excluding hydrogens is 388 g/mol. The van der Waals surface area contributed by atoms with E-state index in [0.717, 1.165) is 60.7 Å². The second kappa shape index (κ2) is 7.71. The highest BCUT2D eigenvalue weighted by molar-refractivity contribution is 7.18. The predicted molar refractivity (Wildman–Crippen MR) is 111 cm³/mol. The number of rotatable bonds is 4. The van der Waals surface area contributed by atoms with E-state index < -0.39 is 0 Å². The Balaban J connectivity index is 1.33. The van der Waals surface area contributed by atoms with E-state index in [4.69, 9.17) is 9.47 Å². The highest BCUT2D eigenvalue weighted by atomic mass is 32.1. The van der Waals surface area contributed by atoms with Gasteiger partial charge in [0.25, 0.3) is 5.91 Å². The Morgan fingerprint density at radius 2 is 1.83 bits per heavy atom. The van der Waals surface area contributed by atoms with E-state index in [1.165, 1.54) is 11.3 Å². The summed E-state index contributed by atoms with van der Waals surface area (Å²) in [6.07, 6.45) is 4.71. The third-order valence-corrected chi connectivity index (χ3v) is 6.67. The number of anilines is 1. The van der Waals surface area contributed by atoms with Gasteiger partial charge in [-0.3, -0.25) is 9.59 Å². The Morgan fingerprint density at radius 3 is 2.66 bits per heavy atom. The second-order valence-corrected chi connectivity index (χ2v) is 8.92. The van der Waals surface area contributed by atoms with Gasteiger partial charge in [-0.1, -0.05) is 6.07 Å². The smallest absolute Gasteiger partial charge is 0.264 e. The molecule has 1 N–H and O–H groups in total. The average Bonchev–Trinajstić information content (AvgIpc) is 3.38. The zero-order valence-corrected chi connectivity index (χ0v) is 17.0. The lowest BCUT2D eigenvalue weighted by Crippen LogP contribution is -2.30. The molecule has 2 amide bonds. The van der Waals surface area contributed by atoms with Crippen molar-refractivity contribution in [3.63, 3.8) is 0 Å². The minimum Gasteiger partial charge on any atom is -0.490 e. The molecule has 1 atom stereocenters. The van der Waals surface area contributed by atoms with Gasteiger partial charge in [-0.15, -0.1) is 11.3 Å². The van der Waals surface area contributed by atoms with Crippen molar-refractivity contribution in [2.75, 3.05) is 25.1 Å². The molecule has 2 aliphatic heterocycles. The molecule has 7 heteroatoms. The van der Waals surface area contributed by atoms with Gasteiger partial charge in [0.15, 0.2) is 11.5 Å². The lowest BCUT2D eigenvalue weighted by Gasteiger charge is -2.25. The molecule has 29 heavy (non-hydrogen) atoms. The molecule has 1 unspecified atom stereocenters. The van der Waals surface area contributed by atoms with Crippen LogP contribution in [0.1, 0.15) is 53.4 Å². The number of thiophene rings is 1. The summed E-state index contributed by atoms with van der Waals surface area (Å²) in [4.78, 5) is 27.8. The topological polar surface area (TPSA) is 67.9 Å². The summed E-state index contributed by atoms with van der Waals surface area (Å²) in [5, 5.41) is 3.68. The third-order valence-electron chi connectivity index (χ3n) is 5.68. The molecular formula is C22H24N2O4S. The summed E-state index contributed by atoms with van der Waals surface area (Å²) < 4.78 is 11.6. The Kier molecular flexibility index (Phi) is 4.91. The first-order valence-corrected chi connectivity index (χ1v) is 11.1. The number of fused-ring (bicyclic) bond motifs is 1. The van der Waals surface area contributed by atoms with Crippen LogP contribution in [0.25, 0.3) is 0 Å². The summed E-state index contributed by atoms with van der Waals surface area (Å²) in [5.41, 5.74) is 1.08. The lowest BCUT2D eigenvalue weighted by atomic mass is 10.0. The number of likely N-dealkylation sites (tertiary alicyclic amines) is 1. The minimum absolute atomic E-state index is 0.0246. The van der Waals surface area contributed by atoms with Gasteiger partial charge >= 0.3 is 0 Å². The van der Waals surface area contributed by atoms with Crippen LogP contribution in [0.3, 0.4) is 0 Å². The van der Waals surface area contributed by atoms with Crippen LogP contribution in [-0.2, 0) is 4.79 Å². The van der Waals surface area contributed by atoms with Crippen molar-refractivity contribution in [3.8, 4) is 11.5 Å². The number of carbonyl (C=O) groups is 2. The monoisotopic (exact) mass is 412 g/mol. The summed E-state index contributed by atoms with van der Waals surface area (Å²) in [6.45, 7) is 2.05. The molecule has 1 saturated carbocycles. The van der Waals surface area contributed by atoms with Gasteiger partial charge in [-0.05, 0) is 55.5 Å². The first kappa shape index (κ1) is 18.5. The minimum atomic E-state index is 0.0246. The van der Waals surface area contributed by atoms with E-state index in [1.807, 2.05) is 35.2 Å². The molecule has 5 rings (SSSR count). The van der Waals surface area contributed by atoms with Gasteiger partial charge in [0.05, 0.1) is 29.1 Å². The number of nitrogens with one attached hydrogen (secondary N) is 1. The van der Waals surface area contributed by atoms with Crippen molar-refractivity contribution in [2.24, 2.45) is 5.92 Å². The fourth-order valence-electron chi connectivity index (χ4n) is 3.97. The summed E-state index contributed by atoms with van der Waals surface area (Å²) in [7, 11) is 0. The van der Waals surface area contributed by atoms with E-state index in [2.05, 4.69) is 5.32 Å². The van der Waals surface area contributed by atoms with Crippen molar-refractivity contribution >= 4 is 28.2 Å². The van der Waals surface area contributed by atoms with E-state index in [0.29, 0.717) is 18.1 Å². The maximum absolute atomic E-state index is 13.2. The lowest BCUT2D eigenvalue weighted by molar-refractivity contribution is -0.117. The van der Waals surface area contributed by atoms with E-state index in [9.17, 15) is 9.59 Å². The average molecular weight is 413 g/mol. The summed E-state index contributed by atoms with van der Waals surface area (Å²) in [6, 6.07) is 9.70. The molecule has 0 spiro atoms. The molecule has 0 radical (unpaired) electrons. The molecule has 3 aliphatic rings. The van der Waals surface area contributed by atoms with Crippen molar-refractivity contribution in [3.05, 3.63) is 40.8 Å². The molecule has 2 aromatic rings. The number of ether oxygens (including phenoxy) is 2. The van der Waals surface area contributed by atoms with Crippen LogP contribution in [0.4, 0.5) is 5.00 Å². The van der Waals surface area contributed by atoms with Crippen molar-refractivity contribution in [1.82, 2.24) is 4.90 Å². The number of benzene rings is 1. The maximum atomic E-state index is 13.2. The van der Waals surface area contributed by atoms with Crippen molar-refractivity contribution in [2.45, 2.75) is 38.1 Å². The Labute approximate surface area is 173 Å². The first-order chi connectivity index (χ1) is 14.2. The van der Waals surface area contributed by atoms with Gasteiger partial charge in [0, 0.05) is 18.9 Å². The van der Waals surface area contributed by atoms with Gasteiger partial charge in [-0.2, -0.15) is 0 Å². The zero-order valence-electron chi connectivity index (χ0n) is 16.2. The van der Waals surface area contributed by atoms with Crippen LogP contribution >= 0.6 is 11.3 Å². The normalized spacial score (nSPS) is 21.0. The quantitative estimate of drug-likeness (QED) is 0.816. The fraction of sp³-hybridized carbons (Fsp3) is 0.455. The molecule has 6 nitrogen and oxygen atoms in total. The maximum Gasteiger partial charge on any atom is 0.264 e. The highest BCUT2D eigenvalue weighted by Crippen LogP contribution is 2.39. The zero-order chi connectivity index (χ0) is 19.8. The molecule has 1 saturated heterocycles. The molecule has 1 aromatic carbocycles. The molecule has 2 fully saturated rings. The standard InChI is InChI=1S/C22H24N2O4S/c25-21(14-4-5-14)23-20-9-8-19(29-20)22(26)24-10-1-3-16(24)15-6-7-17-18(13-15)28-12-2-11-27-17/h6-9,13-14,16H,1-5,10-12H2,(H,23,25). The van der Waals surface area contributed by atoms with E-state index >= 15 is 0 Å². The van der Waals surface area contributed by atoms with Crippen LogP contribution < -0.4 is 14.8 Å². The van der Waals surface area contributed by atoms with Crippen LogP contribution in [0, 0.1) is 5.92 Å². The number of carbonyl (C=O) groups excluding carboxylic acids is 2. The van der Waals surface area contributed by atoms with Gasteiger partial charge < -0.3 is 19.7 Å². The molecule has 1 aliphatic carbocycles. The van der Waals surface area contributed by atoms with E-state index in [-0.39, 0.29) is 23.8 Å². The number of hydrogen-bond donors (Lipinski definition) is 1. The Hall–Kier alpha value is -2.54. The number of nitrogens with zero attached hydrogens (tertiary/aromatic N) is 1. The van der Waals surface area contributed by atoms with Crippen LogP contribution in [0.5, 0.6) is 11.5 Å². The molecule has 152 valence electrons. The third kappa shape index (κ3) is 3.83. The SMILES string of the molecule is O=C(Nc1ccc(C(=O)N2CCCC2c2ccc3c(c2)OCCCO3)s1)C1CC1. The van der Waals surface area contributed by atoms with Gasteiger partial charge in [0.1, 0.15) is 0 Å². The van der Waals surface area contributed by atoms with Crippen LogP contribution in [0.2, 0.25) is 0 Å². The fourth-order valence-corrected chi connectivity index (χ4v) is 4.84. The van der Waals surface area contributed by atoms with Crippen molar-refractivity contribution < 1.29 is 19.1 Å². The predicted octanol–water partition coefficient (Wildman–Crippen LogP) is 4.24. The largest absolute Gasteiger partial charge is 0.490 e. The van der Waals surface area contributed by atoms with Gasteiger partial charge in [-0.25, -0.2) is 0 Å². The molecule has 1 aromatic heterocycles. The molecule has 0 bridgehead atoms. The van der Waals surface area contributed by atoms with Crippen LogP contribution in [-0.4, -0.2) is 36.5 Å². The first-order valence-electron chi connectivity index (χ1n) is 10.3. The van der Waals surface area contributed by atoms with Gasteiger partial charge in [0.2, 0.25) is 5.91 Å².